The summed E-state index contributed by atoms with van der Waals surface area (Å²) in [5.74, 6) is 0.525. The van der Waals surface area contributed by atoms with Crippen molar-refractivity contribution in [1.29, 1.82) is 0 Å². The summed E-state index contributed by atoms with van der Waals surface area (Å²) in [6.45, 7) is 6.56. The van der Waals surface area contributed by atoms with E-state index in [4.69, 9.17) is 0 Å². The molecule has 0 radical (unpaired) electrons. The zero-order valence-corrected chi connectivity index (χ0v) is 12.6. The van der Waals surface area contributed by atoms with E-state index in [0.717, 1.165) is 5.69 Å². The number of rotatable bonds is 5. The summed E-state index contributed by atoms with van der Waals surface area (Å²) in [5.41, 5.74) is 1.20. The number of hydrogen-bond acceptors (Lipinski definition) is 4. The molecule has 0 unspecified atom stereocenters. The third kappa shape index (κ3) is 3.78. The minimum Gasteiger partial charge on any atom is -0.367 e. The van der Waals surface area contributed by atoms with Crippen LogP contribution in [0.1, 0.15) is 31.3 Å². The average Bonchev–Trinajstić information content (AvgIpc) is 2.49. The van der Waals surface area contributed by atoms with Gasteiger partial charge in [-0.05, 0) is 32.9 Å². The number of nitrogens with one attached hydrogen (secondary N) is 1. The van der Waals surface area contributed by atoms with Crippen LogP contribution in [0.15, 0.2) is 42.7 Å². The zero-order valence-electron chi connectivity index (χ0n) is 12.6. The largest absolute Gasteiger partial charge is 0.367 e. The van der Waals surface area contributed by atoms with Crippen LogP contribution in [0.4, 0.5) is 11.5 Å². The number of carbonyl (C=O) groups excluding carboxylic acids is 1. The molecule has 21 heavy (non-hydrogen) atoms. The molecule has 1 aromatic carbocycles. The molecule has 0 aliphatic heterocycles. The smallest absolute Gasteiger partial charge is 0.278 e. The van der Waals surface area contributed by atoms with Crippen LogP contribution >= 0.6 is 0 Å². The first-order valence-corrected chi connectivity index (χ1v) is 7.07. The Balaban J connectivity index is 2.18. The van der Waals surface area contributed by atoms with E-state index in [-0.39, 0.29) is 11.9 Å². The van der Waals surface area contributed by atoms with Gasteiger partial charge in [0.2, 0.25) is 0 Å². The normalized spacial score (nSPS) is 10.5. The van der Waals surface area contributed by atoms with Crippen molar-refractivity contribution >= 4 is 17.4 Å². The first-order chi connectivity index (χ1) is 10.1. The molecule has 0 bridgehead atoms. The Kier molecular flexibility index (Phi) is 4.87. The molecule has 0 spiro atoms. The molecule has 0 aliphatic carbocycles. The Morgan fingerprint density at radius 2 is 1.90 bits per heavy atom. The van der Waals surface area contributed by atoms with Gasteiger partial charge in [0.25, 0.3) is 5.91 Å². The lowest BCUT2D eigenvalue weighted by Crippen LogP contribution is -2.31. The third-order valence-corrected chi connectivity index (χ3v) is 2.94. The van der Waals surface area contributed by atoms with Crippen molar-refractivity contribution in [1.82, 2.24) is 9.97 Å². The molecule has 1 heterocycles. The van der Waals surface area contributed by atoms with Crippen LogP contribution in [0.3, 0.4) is 0 Å². The lowest BCUT2D eigenvalue weighted by molar-refractivity contribution is 0.0983. The second-order valence-corrected chi connectivity index (χ2v) is 4.97. The molecule has 0 aliphatic rings. The molecule has 0 saturated carbocycles. The number of amides is 1. The maximum Gasteiger partial charge on any atom is 0.278 e. The number of para-hydroxylation sites is 1. The highest BCUT2D eigenvalue weighted by Crippen LogP contribution is 2.15. The van der Waals surface area contributed by atoms with Crippen molar-refractivity contribution in [2.45, 2.75) is 26.8 Å². The molecule has 0 fully saturated rings. The van der Waals surface area contributed by atoms with Crippen LogP contribution in [-0.4, -0.2) is 28.5 Å². The number of hydrogen-bond donors (Lipinski definition) is 1. The standard InChI is InChI=1S/C16H20N4O/c1-4-20(13-8-6-5-7-9-13)16(21)14-10-18-15(11-17-14)19-12(2)3/h5-12H,4H2,1-3H3,(H,18,19). The highest BCUT2D eigenvalue weighted by atomic mass is 16.2. The lowest BCUT2D eigenvalue weighted by atomic mass is 10.2. The molecule has 5 nitrogen and oxygen atoms in total. The van der Waals surface area contributed by atoms with E-state index in [1.165, 1.54) is 6.20 Å². The second-order valence-electron chi connectivity index (χ2n) is 4.97. The summed E-state index contributed by atoms with van der Waals surface area (Å²) in [5, 5.41) is 3.15. The number of aromatic nitrogens is 2. The van der Waals surface area contributed by atoms with Gasteiger partial charge in [0.15, 0.2) is 0 Å². The first-order valence-electron chi connectivity index (χ1n) is 7.07. The molecular weight excluding hydrogens is 264 g/mol. The fourth-order valence-corrected chi connectivity index (χ4v) is 2.00. The first kappa shape index (κ1) is 15.0. The molecule has 110 valence electrons. The van der Waals surface area contributed by atoms with Crippen LogP contribution in [0.2, 0.25) is 0 Å². The van der Waals surface area contributed by atoms with Crippen molar-refractivity contribution in [3.8, 4) is 0 Å². The lowest BCUT2D eigenvalue weighted by Gasteiger charge is -2.20. The molecular formula is C16H20N4O. The van der Waals surface area contributed by atoms with Crippen LogP contribution in [-0.2, 0) is 0 Å². The number of nitrogens with zero attached hydrogens (tertiary/aromatic N) is 3. The van der Waals surface area contributed by atoms with E-state index in [9.17, 15) is 4.79 Å². The van der Waals surface area contributed by atoms with Crippen LogP contribution in [0, 0.1) is 0 Å². The molecule has 0 atom stereocenters. The molecule has 2 rings (SSSR count). The predicted molar refractivity (Wildman–Crippen MR) is 84.6 cm³/mol. The van der Waals surface area contributed by atoms with Crippen molar-refractivity contribution in [2.75, 3.05) is 16.8 Å². The van der Waals surface area contributed by atoms with Gasteiger partial charge in [-0.25, -0.2) is 9.97 Å². The Labute approximate surface area is 125 Å². The second kappa shape index (κ2) is 6.83. The Morgan fingerprint density at radius 3 is 2.43 bits per heavy atom. The highest BCUT2D eigenvalue weighted by molar-refractivity contribution is 6.04. The van der Waals surface area contributed by atoms with Crippen LogP contribution in [0.5, 0.6) is 0 Å². The van der Waals surface area contributed by atoms with Crippen molar-refractivity contribution < 1.29 is 4.79 Å². The maximum atomic E-state index is 12.5. The molecule has 1 amide bonds. The topological polar surface area (TPSA) is 58.1 Å². The summed E-state index contributed by atoms with van der Waals surface area (Å²) in [4.78, 5) is 22.6. The number of carbonyl (C=O) groups is 1. The maximum absolute atomic E-state index is 12.5. The minimum atomic E-state index is -0.146. The third-order valence-electron chi connectivity index (χ3n) is 2.94. The average molecular weight is 284 g/mol. The van der Waals surface area contributed by atoms with Gasteiger partial charge in [0.1, 0.15) is 11.5 Å². The Morgan fingerprint density at radius 1 is 1.19 bits per heavy atom. The summed E-state index contributed by atoms with van der Waals surface area (Å²) in [7, 11) is 0. The Hall–Kier alpha value is -2.43. The van der Waals surface area contributed by atoms with Gasteiger partial charge in [-0.2, -0.15) is 0 Å². The number of benzene rings is 1. The molecule has 2 aromatic rings. The van der Waals surface area contributed by atoms with E-state index in [0.29, 0.717) is 18.1 Å². The SMILES string of the molecule is CCN(C(=O)c1cnc(NC(C)C)cn1)c1ccccc1. The van der Waals surface area contributed by atoms with Crippen molar-refractivity contribution in [3.63, 3.8) is 0 Å². The quantitative estimate of drug-likeness (QED) is 0.917. The van der Waals surface area contributed by atoms with E-state index < -0.39 is 0 Å². The van der Waals surface area contributed by atoms with Gasteiger partial charge in [-0.1, -0.05) is 18.2 Å². The van der Waals surface area contributed by atoms with Crippen molar-refractivity contribution in [3.05, 3.63) is 48.4 Å². The summed E-state index contributed by atoms with van der Waals surface area (Å²) >= 11 is 0. The van der Waals surface area contributed by atoms with Gasteiger partial charge in [-0.15, -0.1) is 0 Å². The molecule has 0 saturated heterocycles. The fraction of sp³-hybridized carbons (Fsp3) is 0.312. The van der Waals surface area contributed by atoms with E-state index >= 15 is 0 Å². The highest BCUT2D eigenvalue weighted by Gasteiger charge is 2.17. The summed E-state index contributed by atoms with van der Waals surface area (Å²) in [6.07, 6.45) is 3.10. The monoisotopic (exact) mass is 284 g/mol. The van der Waals surface area contributed by atoms with E-state index in [1.54, 1.807) is 11.1 Å². The molecule has 5 heteroatoms. The van der Waals surface area contributed by atoms with Gasteiger partial charge in [-0.3, -0.25) is 4.79 Å². The number of anilines is 2. The minimum absolute atomic E-state index is 0.146. The summed E-state index contributed by atoms with van der Waals surface area (Å²) in [6, 6.07) is 9.83. The van der Waals surface area contributed by atoms with Crippen LogP contribution < -0.4 is 10.2 Å². The predicted octanol–water partition coefficient (Wildman–Crippen LogP) is 2.96. The van der Waals surface area contributed by atoms with Gasteiger partial charge >= 0.3 is 0 Å². The molecule has 1 N–H and O–H groups in total. The van der Waals surface area contributed by atoms with Gasteiger partial charge < -0.3 is 10.2 Å². The van der Waals surface area contributed by atoms with Crippen LogP contribution in [0.25, 0.3) is 0 Å². The van der Waals surface area contributed by atoms with Gasteiger partial charge in [0.05, 0.1) is 12.4 Å². The van der Waals surface area contributed by atoms with E-state index in [1.807, 2.05) is 51.1 Å². The Bertz CT molecular complexity index is 581. The molecule has 1 aromatic heterocycles. The van der Waals surface area contributed by atoms with Crippen molar-refractivity contribution in [2.24, 2.45) is 0 Å². The zero-order chi connectivity index (χ0) is 15.2. The summed E-state index contributed by atoms with van der Waals surface area (Å²) < 4.78 is 0. The fourth-order valence-electron chi connectivity index (χ4n) is 2.00. The van der Waals surface area contributed by atoms with Gasteiger partial charge in [0, 0.05) is 18.3 Å². The van der Waals surface area contributed by atoms with E-state index in [2.05, 4.69) is 15.3 Å².